The van der Waals surface area contributed by atoms with Crippen LogP contribution >= 0.6 is 0 Å². The topological polar surface area (TPSA) is 12.0 Å². The van der Waals surface area contributed by atoms with Crippen LogP contribution in [0.3, 0.4) is 0 Å². The van der Waals surface area contributed by atoms with Gasteiger partial charge in [-0.1, -0.05) is 13.3 Å². The van der Waals surface area contributed by atoms with Crippen molar-refractivity contribution in [3.05, 3.63) is 35.1 Å². The molecule has 4 heteroatoms. The summed E-state index contributed by atoms with van der Waals surface area (Å²) in [7, 11) is 0. The van der Waals surface area contributed by atoms with Crippen LogP contribution in [0, 0.1) is 35.2 Å². The third-order valence-corrected chi connectivity index (χ3v) is 5.02. The lowest BCUT2D eigenvalue weighted by Crippen LogP contribution is -2.32. The first kappa shape index (κ1) is 13.9. The number of nitrogens with one attached hydrogen (secondary N) is 1. The molecule has 0 spiro atoms. The lowest BCUT2D eigenvalue weighted by Gasteiger charge is -2.31. The van der Waals surface area contributed by atoms with Gasteiger partial charge in [-0.05, 0) is 49.6 Å². The van der Waals surface area contributed by atoms with Crippen molar-refractivity contribution in [3.63, 3.8) is 0 Å². The molecule has 3 rings (SSSR count). The van der Waals surface area contributed by atoms with Gasteiger partial charge in [-0.3, -0.25) is 0 Å². The zero-order valence-electron chi connectivity index (χ0n) is 11.6. The van der Waals surface area contributed by atoms with E-state index in [1.165, 1.54) is 19.3 Å². The van der Waals surface area contributed by atoms with Crippen LogP contribution in [0.25, 0.3) is 0 Å². The van der Waals surface area contributed by atoms with E-state index < -0.39 is 17.5 Å². The predicted octanol–water partition coefficient (Wildman–Crippen LogP) is 4.19. The Labute approximate surface area is 117 Å². The molecular formula is C16H20F3N. The summed E-state index contributed by atoms with van der Waals surface area (Å²) < 4.78 is 40.6. The lowest BCUT2D eigenvalue weighted by atomic mass is 9.80. The Kier molecular flexibility index (Phi) is 3.76. The van der Waals surface area contributed by atoms with E-state index in [4.69, 9.17) is 0 Å². The van der Waals surface area contributed by atoms with E-state index >= 15 is 0 Å². The Morgan fingerprint density at radius 1 is 1.10 bits per heavy atom. The van der Waals surface area contributed by atoms with Crippen LogP contribution in [0.5, 0.6) is 0 Å². The van der Waals surface area contributed by atoms with Gasteiger partial charge in [-0.2, -0.15) is 0 Å². The normalized spacial score (nSPS) is 29.9. The Morgan fingerprint density at radius 3 is 2.45 bits per heavy atom. The molecule has 110 valence electrons. The van der Waals surface area contributed by atoms with E-state index in [0.29, 0.717) is 24.4 Å². The van der Waals surface area contributed by atoms with Crippen molar-refractivity contribution < 1.29 is 13.2 Å². The standard InChI is InChI=1S/C16H20F3N/c1-2-20-16(11-6-9-3-4-10(11)5-9)12-7-14(18)15(19)8-13(12)17/h7-11,16,20H,2-6H2,1H3. The number of rotatable bonds is 4. The molecule has 0 amide bonds. The minimum atomic E-state index is -1.12. The summed E-state index contributed by atoms with van der Waals surface area (Å²) in [5.41, 5.74) is 0.281. The summed E-state index contributed by atoms with van der Waals surface area (Å²) >= 11 is 0. The smallest absolute Gasteiger partial charge is 0.161 e. The van der Waals surface area contributed by atoms with Gasteiger partial charge in [0, 0.05) is 17.7 Å². The molecule has 1 nitrogen and oxygen atoms in total. The molecule has 2 saturated carbocycles. The van der Waals surface area contributed by atoms with Crippen LogP contribution in [0.15, 0.2) is 12.1 Å². The molecule has 20 heavy (non-hydrogen) atoms. The average Bonchev–Trinajstić information content (AvgIpc) is 3.03. The Bertz CT molecular complexity index is 503. The van der Waals surface area contributed by atoms with E-state index in [2.05, 4.69) is 5.32 Å². The van der Waals surface area contributed by atoms with Crippen LogP contribution in [0.2, 0.25) is 0 Å². The number of halogens is 3. The molecule has 0 saturated heterocycles. The molecule has 4 unspecified atom stereocenters. The maximum Gasteiger partial charge on any atom is 0.161 e. The van der Waals surface area contributed by atoms with Crippen LogP contribution in [0.1, 0.15) is 44.2 Å². The summed E-state index contributed by atoms with van der Waals surface area (Å²) in [6.45, 7) is 2.65. The second-order valence-electron chi connectivity index (χ2n) is 6.16. The fourth-order valence-electron chi connectivity index (χ4n) is 4.19. The predicted molar refractivity (Wildman–Crippen MR) is 71.7 cm³/mol. The van der Waals surface area contributed by atoms with Gasteiger partial charge in [0.05, 0.1) is 0 Å². The molecule has 0 heterocycles. The van der Waals surface area contributed by atoms with Gasteiger partial charge >= 0.3 is 0 Å². The molecule has 2 aliphatic carbocycles. The van der Waals surface area contributed by atoms with Crippen molar-refractivity contribution in [1.82, 2.24) is 5.32 Å². The fraction of sp³-hybridized carbons (Fsp3) is 0.625. The van der Waals surface area contributed by atoms with Gasteiger partial charge in [-0.25, -0.2) is 13.2 Å². The molecule has 2 aliphatic rings. The van der Waals surface area contributed by atoms with Crippen LogP contribution in [-0.4, -0.2) is 6.54 Å². The summed E-state index contributed by atoms with van der Waals surface area (Å²) in [6, 6.07) is 1.50. The summed E-state index contributed by atoms with van der Waals surface area (Å²) in [6.07, 6.45) is 4.72. The Hall–Kier alpha value is -1.03. The van der Waals surface area contributed by atoms with Crippen molar-refractivity contribution in [3.8, 4) is 0 Å². The van der Waals surface area contributed by atoms with Crippen molar-refractivity contribution in [2.24, 2.45) is 17.8 Å². The maximum absolute atomic E-state index is 14.1. The Balaban J connectivity index is 1.92. The molecular weight excluding hydrogens is 263 g/mol. The third-order valence-electron chi connectivity index (χ3n) is 5.02. The van der Waals surface area contributed by atoms with Crippen molar-refractivity contribution in [2.45, 2.75) is 38.6 Å². The summed E-state index contributed by atoms with van der Waals surface area (Å²) in [4.78, 5) is 0. The van der Waals surface area contributed by atoms with E-state index in [1.807, 2.05) is 6.92 Å². The first-order chi connectivity index (χ1) is 9.60. The summed E-state index contributed by atoms with van der Waals surface area (Å²) in [5, 5.41) is 3.28. The molecule has 1 aromatic rings. The average molecular weight is 283 g/mol. The van der Waals surface area contributed by atoms with Crippen LogP contribution < -0.4 is 5.32 Å². The highest BCUT2D eigenvalue weighted by Crippen LogP contribution is 2.52. The highest BCUT2D eigenvalue weighted by molar-refractivity contribution is 5.25. The van der Waals surface area contributed by atoms with Crippen molar-refractivity contribution >= 4 is 0 Å². The number of benzene rings is 1. The first-order valence-electron chi connectivity index (χ1n) is 7.48. The van der Waals surface area contributed by atoms with Gasteiger partial charge in [0.2, 0.25) is 0 Å². The van der Waals surface area contributed by atoms with Gasteiger partial charge in [-0.15, -0.1) is 0 Å². The molecule has 2 bridgehead atoms. The van der Waals surface area contributed by atoms with Crippen LogP contribution in [0.4, 0.5) is 13.2 Å². The van der Waals surface area contributed by atoms with Crippen LogP contribution in [-0.2, 0) is 0 Å². The maximum atomic E-state index is 14.1. The van der Waals surface area contributed by atoms with Gasteiger partial charge in [0.15, 0.2) is 11.6 Å². The van der Waals surface area contributed by atoms with E-state index in [9.17, 15) is 13.2 Å². The molecule has 2 fully saturated rings. The lowest BCUT2D eigenvalue weighted by molar-refractivity contribution is 0.248. The van der Waals surface area contributed by atoms with Gasteiger partial charge in [0.25, 0.3) is 0 Å². The third kappa shape index (κ3) is 2.34. The van der Waals surface area contributed by atoms with Gasteiger partial charge in [0.1, 0.15) is 5.82 Å². The number of fused-ring (bicyclic) bond motifs is 2. The Morgan fingerprint density at radius 2 is 1.85 bits per heavy atom. The molecule has 1 aromatic carbocycles. The monoisotopic (exact) mass is 283 g/mol. The van der Waals surface area contributed by atoms with Crippen molar-refractivity contribution in [2.75, 3.05) is 6.54 Å². The minimum absolute atomic E-state index is 0.203. The molecule has 0 aliphatic heterocycles. The van der Waals surface area contributed by atoms with Crippen molar-refractivity contribution in [1.29, 1.82) is 0 Å². The van der Waals surface area contributed by atoms with E-state index in [1.54, 1.807) is 0 Å². The SMILES string of the molecule is CCNC(c1cc(F)c(F)cc1F)C1CC2CCC1C2. The molecule has 4 atom stereocenters. The van der Waals surface area contributed by atoms with Gasteiger partial charge < -0.3 is 5.32 Å². The van der Waals surface area contributed by atoms with E-state index in [-0.39, 0.29) is 11.6 Å². The summed E-state index contributed by atoms with van der Waals surface area (Å²) in [5.74, 6) is -1.05. The highest BCUT2D eigenvalue weighted by Gasteiger charge is 2.43. The quantitative estimate of drug-likeness (QED) is 0.817. The zero-order valence-corrected chi connectivity index (χ0v) is 11.6. The first-order valence-corrected chi connectivity index (χ1v) is 7.48. The molecule has 0 aromatic heterocycles. The fourth-order valence-corrected chi connectivity index (χ4v) is 4.19. The second kappa shape index (κ2) is 5.40. The van der Waals surface area contributed by atoms with E-state index in [0.717, 1.165) is 18.4 Å². The second-order valence-corrected chi connectivity index (χ2v) is 6.16. The number of hydrogen-bond donors (Lipinski definition) is 1. The molecule has 1 N–H and O–H groups in total. The molecule has 0 radical (unpaired) electrons. The minimum Gasteiger partial charge on any atom is -0.310 e. The zero-order chi connectivity index (χ0) is 14.3. The highest BCUT2D eigenvalue weighted by atomic mass is 19.2. The largest absolute Gasteiger partial charge is 0.310 e. The number of hydrogen-bond acceptors (Lipinski definition) is 1.